The third kappa shape index (κ3) is 1.75. The minimum absolute atomic E-state index is 0.102. The van der Waals surface area contributed by atoms with E-state index in [1.54, 1.807) is 34.0 Å². The SMILES string of the molecule is O=C1c2ccsc2C(=C2c3ccsc3C(=O)c3ccsc32)c2sccc21. The van der Waals surface area contributed by atoms with Crippen LogP contribution in [0, 0.1) is 0 Å². The lowest BCUT2D eigenvalue weighted by Crippen LogP contribution is -2.14. The number of ketones is 2. The highest BCUT2D eigenvalue weighted by Gasteiger charge is 2.37. The Morgan fingerprint density at radius 3 is 1.46 bits per heavy atom. The summed E-state index contributed by atoms with van der Waals surface area (Å²) in [6.45, 7) is 0. The molecule has 0 saturated carbocycles. The van der Waals surface area contributed by atoms with Gasteiger partial charge in [0.05, 0.1) is 4.88 Å². The smallest absolute Gasteiger partial charge is 0.205 e. The third-order valence-corrected chi connectivity index (χ3v) is 8.51. The van der Waals surface area contributed by atoms with E-state index >= 15 is 0 Å². The maximum atomic E-state index is 12.8. The molecule has 0 amide bonds. The lowest BCUT2D eigenvalue weighted by atomic mass is 9.83. The molecule has 0 radical (unpaired) electrons. The van der Waals surface area contributed by atoms with E-state index in [1.165, 1.54) is 11.3 Å². The minimum Gasteiger partial charge on any atom is -0.289 e. The highest BCUT2D eigenvalue weighted by atomic mass is 32.1. The van der Waals surface area contributed by atoms with E-state index in [1.807, 2.05) is 45.8 Å². The van der Waals surface area contributed by atoms with Crippen LogP contribution in [0.1, 0.15) is 51.4 Å². The summed E-state index contributed by atoms with van der Waals surface area (Å²) in [5.41, 5.74) is 5.53. The van der Waals surface area contributed by atoms with Crippen LogP contribution in [-0.4, -0.2) is 11.6 Å². The van der Waals surface area contributed by atoms with Crippen molar-refractivity contribution in [3.63, 3.8) is 0 Å². The van der Waals surface area contributed by atoms with Crippen LogP contribution in [0.15, 0.2) is 45.8 Å². The van der Waals surface area contributed by atoms with Gasteiger partial charge in [0.2, 0.25) is 5.78 Å². The van der Waals surface area contributed by atoms with Crippen LogP contribution < -0.4 is 0 Å². The molecule has 0 atom stereocenters. The topological polar surface area (TPSA) is 34.1 Å². The van der Waals surface area contributed by atoms with E-state index in [0.717, 1.165) is 52.9 Å². The second-order valence-electron chi connectivity index (χ2n) is 6.06. The summed E-state index contributed by atoms with van der Waals surface area (Å²) in [6, 6.07) is 7.80. The number of rotatable bonds is 0. The predicted molar refractivity (Wildman–Crippen MR) is 109 cm³/mol. The van der Waals surface area contributed by atoms with Crippen molar-refractivity contribution in [2.75, 3.05) is 0 Å². The number of thiophene rings is 4. The number of fused-ring (bicyclic) bond motifs is 4. The Labute approximate surface area is 164 Å². The van der Waals surface area contributed by atoms with Crippen LogP contribution in [-0.2, 0) is 0 Å². The zero-order valence-electron chi connectivity index (χ0n) is 13.1. The number of carbonyl (C=O) groups excluding carboxylic acids is 2. The molecule has 0 aromatic carbocycles. The predicted octanol–water partition coefficient (Wildman–Crippen LogP) is 6.03. The van der Waals surface area contributed by atoms with Gasteiger partial charge in [-0.25, -0.2) is 0 Å². The molecule has 2 nitrogen and oxygen atoms in total. The van der Waals surface area contributed by atoms with Crippen molar-refractivity contribution in [3.05, 3.63) is 87.5 Å². The van der Waals surface area contributed by atoms with Crippen LogP contribution in [0.5, 0.6) is 0 Å². The molecular formula is C20H8O2S4. The molecule has 4 heterocycles. The average molecular weight is 409 g/mol. The molecule has 0 fully saturated rings. The first kappa shape index (κ1) is 15.0. The lowest BCUT2D eigenvalue weighted by molar-refractivity contribution is 0.103. The summed E-state index contributed by atoms with van der Waals surface area (Å²) in [5, 5.41) is 7.94. The Morgan fingerprint density at radius 2 is 0.885 bits per heavy atom. The van der Waals surface area contributed by atoms with Gasteiger partial charge in [-0.1, -0.05) is 0 Å². The standard InChI is InChI=1S/C20H8O2S4/c21-15-10-2-6-24-18(10)14(19-11(15)3-7-25-19)13-9-1-5-26-20(9)16(22)12-4-8-23-17(12)13/h1-8H. The van der Waals surface area contributed by atoms with Gasteiger partial charge in [-0.3, -0.25) is 9.59 Å². The third-order valence-electron chi connectivity index (χ3n) is 4.80. The van der Waals surface area contributed by atoms with E-state index in [4.69, 9.17) is 0 Å². The fourth-order valence-corrected chi connectivity index (χ4v) is 7.47. The van der Waals surface area contributed by atoms with Gasteiger partial charge in [-0.15, -0.1) is 45.3 Å². The Kier molecular flexibility index (Phi) is 3.00. The molecule has 6 rings (SSSR count). The molecule has 2 aliphatic carbocycles. The van der Waals surface area contributed by atoms with Crippen LogP contribution >= 0.6 is 45.3 Å². The monoisotopic (exact) mass is 408 g/mol. The Morgan fingerprint density at radius 1 is 0.462 bits per heavy atom. The second-order valence-corrected chi connectivity index (χ2v) is 9.73. The quantitative estimate of drug-likeness (QED) is 0.308. The van der Waals surface area contributed by atoms with Gasteiger partial charge in [0, 0.05) is 48.0 Å². The average Bonchev–Trinajstić information content (AvgIpc) is 3.43. The second kappa shape index (κ2) is 5.20. The molecule has 0 saturated heterocycles. The van der Waals surface area contributed by atoms with Gasteiger partial charge in [0.1, 0.15) is 0 Å². The first-order chi connectivity index (χ1) is 12.8. The Balaban J connectivity index is 1.81. The number of carbonyl (C=O) groups is 2. The van der Waals surface area contributed by atoms with Crippen molar-refractivity contribution in [1.29, 1.82) is 0 Å². The van der Waals surface area contributed by atoms with E-state index in [2.05, 4.69) is 0 Å². The molecular weight excluding hydrogens is 400 g/mol. The van der Waals surface area contributed by atoms with Crippen LogP contribution in [0.2, 0.25) is 0 Å². The Bertz CT molecular complexity index is 1080. The number of hydrogen-bond donors (Lipinski definition) is 0. The van der Waals surface area contributed by atoms with Gasteiger partial charge < -0.3 is 0 Å². The molecule has 4 aromatic rings. The summed E-state index contributed by atoms with van der Waals surface area (Å²) >= 11 is 6.31. The summed E-state index contributed by atoms with van der Waals surface area (Å²) < 4.78 is 0. The van der Waals surface area contributed by atoms with Crippen molar-refractivity contribution in [1.82, 2.24) is 0 Å². The lowest BCUT2D eigenvalue weighted by Gasteiger charge is -2.22. The first-order valence-corrected chi connectivity index (χ1v) is 11.4. The normalized spacial score (nSPS) is 14.9. The molecule has 0 unspecified atom stereocenters. The van der Waals surface area contributed by atoms with E-state index in [-0.39, 0.29) is 11.6 Å². The maximum Gasteiger partial charge on any atom is 0.205 e. The summed E-state index contributed by atoms with van der Waals surface area (Å²) in [5.74, 6) is 0.214. The van der Waals surface area contributed by atoms with E-state index in [9.17, 15) is 9.59 Å². The zero-order valence-corrected chi connectivity index (χ0v) is 16.3. The van der Waals surface area contributed by atoms with Crippen LogP contribution in [0.3, 0.4) is 0 Å². The van der Waals surface area contributed by atoms with E-state index in [0.29, 0.717) is 0 Å². The summed E-state index contributed by atoms with van der Waals surface area (Å²) in [7, 11) is 0. The van der Waals surface area contributed by atoms with Crippen LogP contribution in [0.4, 0.5) is 0 Å². The van der Waals surface area contributed by atoms with Gasteiger partial charge in [0.25, 0.3) is 0 Å². The fraction of sp³-hybridized carbons (Fsp3) is 0. The molecule has 0 bridgehead atoms. The molecule has 0 spiro atoms. The van der Waals surface area contributed by atoms with Crippen molar-refractivity contribution >= 4 is 68.1 Å². The molecule has 124 valence electrons. The largest absolute Gasteiger partial charge is 0.289 e. The zero-order chi connectivity index (χ0) is 17.4. The molecule has 0 N–H and O–H groups in total. The summed E-state index contributed by atoms with van der Waals surface area (Å²) in [6.07, 6.45) is 0. The minimum atomic E-state index is 0.102. The van der Waals surface area contributed by atoms with E-state index < -0.39 is 0 Å². The molecule has 6 heteroatoms. The number of hydrogen-bond acceptors (Lipinski definition) is 6. The molecule has 2 aliphatic rings. The van der Waals surface area contributed by atoms with Crippen molar-refractivity contribution < 1.29 is 9.59 Å². The fourth-order valence-electron chi connectivity index (χ4n) is 3.70. The molecule has 26 heavy (non-hydrogen) atoms. The molecule has 4 aromatic heterocycles. The van der Waals surface area contributed by atoms with Gasteiger partial charge in [-0.2, -0.15) is 0 Å². The van der Waals surface area contributed by atoms with Crippen molar-refractivity contribution in [2.24, 2.45) is 0 Å². The summed E-state index contributed by atoms with van der Waals surface area (Å²) in [4.78, 5) is 29.5. The highest BCUT2D eigenvalue weighted by molar-refractivity contribution is 7.16. The van der Waals surface area contributed by atoms with Gasteiger partial charge in [0.15, 0.2) is 5.78 Å². The Hall–Kier alpha value is -2.12. The molecule has 0 aliphatic heterocycles. The van der Waals surface area contributed by atoms with Gasteiger partial charge >= 0.3 is 0 Å². The van der Waals surface area contributed by atoms with Crippen molar-refractivity contribution in [3.8, 4) is 0 Å². The van der Waals surface area contributed by atoms with Crippen molar-refractivity contribution in [2.45, 2.75) is 0 Å². The first-order valence-electron chi connectivity index (χ1n) is 7.91. The maximum absolute atomic E-state index is 12.8. The highest BCUT2D eigenvalue weighted by Crippen LogP contribution is 2.51. The van der Waals surface area contributed by atoms with Crippen LogP contribution in [0.25, 0.3) is 11.1 Å². The van der Waals surface area contributed by atoms with Gasteiger partial charge in [-0.05, 0) is 45.8 Å².